The molecule has 0 atom stereocenters. The van der Waals surface area contributed by atoms with E-state index in [1.54, 1.807) is 18.5 Å². The number of hydrogen-bond acceptors (Lipinski definition) is 5. The van der Waals surface area contributed by atoms with Crippen LogP contribution in [0.15, 0.2) is 17.1 Å². The van der Waals surface area contributed by atoms with E-state index in [2.05, 4.69) is 15.2 Å². The zero-order valence-corrected chi connectivity index (χ0v) is 20.5. The maximum Gasteiger partial charge on any atom is 0.214 e. The number of nitrogens with zero attached hydrogens (tertiary/aromatic N) is 3. The Labute approximate surface area is 190 Å². The van der Waals surface area contributed by atoms with E-state index < -0.39 is 10.0 Å². The van der Waals surface area contributed by atoms with Crippen molar-refractivity contribution in [2.24, 2.45) is 4.99 Å². The molecule has 1 fully saturated rings. The van der Waals surface area contributed by atoms with Gasteiger partial charge in [-0.3, -0.25) is 4.99 Å². The molecule has 1 N–H and O–H groups in total. The van der Waals surface area contributed by atoms with Gasteiger partial charge in [0.1, 0.15) is 0 Å². The van der Waals surface area contributed by atoms with Crippen LogP contribution >= 0.6 is 24.0 Å². The van der Waals surface area contributed by atoms with E-state index in [-0.39, 0.29) is 29.7 Å². The number of sulfonamides is 1. The Hall–Kier alpha value is -1.27. The number of methoxy groups -OCH3 is 2. The zero-order chi connectivity index (χ0) is 20.1. The second-order valence-electron chi connectivity index (χ2n) is 6.95. The van der Waals surface area contributed by atoms with Gasteiger partial charge in [-0.1, -0.05) is 0 Å². The molecule has 1 saturated heterocycles. The molecular formula is C19H31IN4O4S. The van der Waals surface area contributed by atoms with Crippen molar-refractivity contribution in [2.45, 2.75) is 26.3 Å². The second-order valence-corrected chi connectivity index (χ2v) is 9.04. The van der Waals surface area contributed by atoms with Gasteiger partial charge in [0.25, 0.3) is 0 Å². The largest absolute Gasteiger partial charge is 0.493 e. The minimum absolute atomic E-state index is 0. The van der Waals surface area contributed by atoms with Crippen LogP contribution in [0.1, 0.15) is 24.5 Å². The normalized spacial score (nSPS) is 18.7. The molecular weight excluding hydrogens is 507 g/mol. The van der Waals surface area contributed by atoms with Gasteiger partial charge in [0, 0.05) is 32.7 Å². The highest BCUT2D eigenvalue weighted by Crippen LogP contribution is 2.33. The molecule has 0 aromatic heterocycles. The van der Waals surface area contributed by atoms with Crippen LogP contribution in [-0.4, -0.2) is 76.3 Å². The molecule has 29 heavy (non-hydrogen) atoms. The number of halogens is 1. The Morgan fingerprint density at radius 2 is 1.86 bits per heavy atom. The van der Waals surface area contributed by atoms with E-state index in [9.17, 15) is 8.42 Å². The number of nitrogens with one attached hydrogen (secondary N) is 1. The van der Waals surface area contributed by atoms with Gasteiger partial charge in [-0.2, -0.15) is 0 Å². The Morgan fingerprint density at radius 1 is 1.17 bits per heavy atom. The molecule has 0 amide bonds. The van der Waals surface area contributed by atoms with Gasteiger partial charge in [-0.05, 0) is 43.0 Å². The van der Waals surface area contributed by atoms with E-state index in [0.717, 1.165) is 43.5 Å². The number of guanidine groups is 1. The molecule has 3 rings (SSSR count). The topological polar surface area (TPSA) is 83.5 Å². The first-order valence-corrected chi connectivity index (χ1v) is 11.3. The molecule has 0 unspecified atom stereocenters. The van der Waals surface area contributed by atoms with Crippen LogP contribution in [0.25, 0.3) is 0 Å². The van der Waals surface area contributed by atoms with Crippen molar-refractivity contribution in [3.8, 4) is 11.5 Å². The molecule has 0 aliphatic carbocycles. The lowest BCUT2D eigenvalue weighted by Crippen LogP contribution is -2.44. The van der Waals surface area contributed by atoms with Crippen LogP contribution in [0.3, 0.4) is 0 Å². The number of rotatable bonds is 6. The standard InChI is InChI=1S/C19H30N4O4S.HI/c1-4-20-19(21-7-10-23-8-5-11-28(23,24)25)22-9-6-15-12-17(26-2)18(27-3)13-16(15)14-22;/h12-13H,4-11,14H2,1-3H3,(H,20,21);1H. The molecule has 0 radical (unpaired) electrons. The first kappa shape index (κ1) is 24.0. The lowest BCUT2D eigenvalue weighted by molar-refractivity contribution is 0.345. The minimum Gasteiger partial charge on any atom is -0.493 e. The molecule has 10 heteroatoms. The van der Waals surface area contributed by atoms with Gasteiger partial charge in [0.15, 0.2) is 17.5 Å². The SMILES string of the molecule is CCNC(=NCCN1CCCS1(=O)=O)N1CCc2cc(OC)c(OC)cc2C1.I. The summed E-state index contributed by atoms with van der Waals surface area (Å²) < 4.78 is 36.3. The number of fused-ring (bicyclic) bond motifs is 1. The average molecular weight is 538 g/mol. The summed E-state index contributed by atoms with van der Waals surface area (Å²) in [7, 11) is 0.218. The Kier molecular flexibility index (Phi) is 8.83. The van der Waals surface area contributed by atoms with Gasteiger partial charge in [-0.15, -0.1) is 24.0 Å². The van der Waals surface area contributed by atoms with Crippen molar-refractivity contribution in [2.75, 3.05) is 52.7 Å². The predicted octanol–water partition coefficient (Wildman–Crippen LogP) is 1.68. The highest BCUT2D eigenvalue weighted by atomic mass is 127. The molecule has 2 aliphatic heterocycles. The van der Waals surface area contributed by atoms with Gasteiger partial charge in [0.2, 0.25) is 10.0 Å². The Bertz CT molecular complexity index is 832. The molecule has 164 valence electrons. The molecule has 2 heterocycles. The summed E-state index contributed by atoms with van der Waals surface area (Å²) in [5, 5.41) is 3.33. The molecule has 1 aromatic carbocycles. The highest BCUT2D eigenvalue weighted by molar-refractivity contribution is 14.0. The summed E-state index contributed by atoms with van der Waals surface area (Å²) in [6.45, 7) is 5.86. The van der Waals surface area contributed by atoms with E-state index in [1.807, 2.05) is 19.1 Å². The summed E-state index contributed by atoms with van der Waals surface area (Å²) >= 11 is 0. The van der Waals surface area contributed by atoms with Gasteiger partial charge < -0.3 is 19.7 Å². The predicted molar refractivity (Wildman–Crippen MR) is 125 cm³/mol. The maximum atomic E-state index is 11.9. The van der Waals surface area contributed by atoms with E-state index >= 15 is 0 Å². The second kappa shape index (κ2) is 10.7. The number of ether oxygens (including phenoxy) is 2. The summed E-state index contributed by atoms with van der Waals surface area (Å²) in [6, 6.07) is 4.08. The van der Waals surface area contributed by atoms with Crippen molar-refractivity contribution in [1.82, 2.24) is 14.5 Å². The fourth-order valence-electron chi connectivity index (χ4n) is 3.70. The van der Waals surface area contributed by atoms with E-state index in [0.29, 0.717) is 26.1 Å². The van der Waals surface area contributed by atoms with Crippen molar-refractivity contribution in [3.63, 3.8) is 0 Å². The fourth-order valence-corrected chi connectivity index (χ4v) is 5.22. The number of hydrogen-bond donors (Lipinski definition) is 1. The molecule has 8 nitrogen and oxygen atoms in total. The molecule has 0 spiro atoms. The van der Waals surface area contributed by atoms with Crippen LogP contribution in [0.2, 0.25) is 0 Å². The minimum atomic E-state index is -3.07. The quantitative estimate of drug-likeness (QED) is 0.337. The van der Waals surface area contributed by atoms with Crippen LogP contribution in [0.4, 0.5) is 0 Å². The van der Waals surface area contributed by atoms with Crippen LogP contribution < -0.4 is 14.8 Å². The molecule has 1 aromatic rings. The smallest absolute Gasteiger partial charge is 0.214 e. The van der Waals surface area contributed by atoms with E-state index in [4.69, 9.17) is 9.47 Å². The third kappa shape index (κ3) is 5.66. The number of benzene rings is 1. The van der Waals surface area contributed by atoms with Crippen molar-refractivity contribution >= 4 is 40.0 Å². The van der Waals surface area contributed by atoms with Crippen LogP contribution in [0.5, 0.6) is 11.5 Å². The summed E-state index contributed by atoms with van der Waals surface area (Å²) in [4.78, 5) is 6.89. The summed E-state index contributed by atoms with van der Waals surface area (Å²) in [6.07, 6.45) is 1.60. The van der Waals surface area contributed by atoms with E-state index in [1.165, 1.54) is 11.1 Å². The lowest BCUT2D eigenvalue weighted by atomic mass is 9.99. The first-order valence-electron chi connectivity index (χ1n) is 9.73. The lowest BCUT2D eigenvalue weighted by Gasteiger charge is -2.32. The fraction of sp³-hybridized carbons (Fsp3) is 0.632. The first-order chi connectivity index (χ1) is 13.5. The van der Waals surface area contributed by atoms with Crippen LogP contribution in [-0.2, 0) is 23.0 Å². The average Bonchev–Trinajstić information content (AvgIpc) is 3.03. The monoisotopic (exact) mass is 538 g/mol. The van der Waals surface area contributed by atoms with Gasteiger partial charge in [-0.25, -0.2) is 12.7 Å². The zero-order valence-electron chi connectivity index (χ0n) is 17.3. The van der Waals surface area contributed by atoms with Gasteiger partial charge in [0.05, 0.1) is 26.5 Å². The highest BCUT2D eigenvalue weighted by Gasteiger charge is 2.27. The summed E-state index contributed by atoms with van der Waals surface area (Å²) in [5.74, 6) is 2.55. The Morgan fingerprint density at radius 3 is 2.45 bits per heavy atom. The van der Waals surface area contributed by atoms with Crippen molar-refractivity contribution < 1.29 is 17.9 Å². The van der Waals surface area contributed by atoms with Gasteiger partial charge >= 0.3 is 0 Å². The Balaban J connectivity index is 0.00000300. The molecule has 2 aliphatic rings. The summed E-state index contributed by atoms with van der Waals surface area (Å²) in [5.41, 5.74) is 2.45. The van der Waals surface area contributed by atoms with Crippen molar-refractivity contribution in [3.05, 3.63) is 23.3 Å². The van der Waals surface area contributed by atoms with Crippen molar-refractivity contribution in [1.29, 1.82) is 0 Å². The molecule has 0 saturated carbocycles. The third-order valence-corrected chi connectivity index (χ3v) is 7.12. The maximum absolute atomic E-state index is 11.9. The third-order valence-electron chi connectivity index (χ3n) is 5.17. The van der Waals surface area contributed by atoms with Crippen LogP contribution in [0, 0.1) is 0 Å². The number of aliphatic imine (C=N–C) groups is 1. The molecule has 0 bridgehead atoms.